The van der Waals surface area contributed by atoms with Crippen LogP contribution in [0.5, 0.6) is 11.6 Å². The Morgan fingerprint density at radius 3 is 2.31 bits per heavy atom. The Balaban J connectivity index is 1.61. The van der Waals surface area contributed by atoms with Gasteiger partial charge in [0.25, 0.3) is 5.88 Å². The molecule has 1 N–H and O–H groups in total. The Labute approximate surface area is 309 Å². The monoisotopic (exact) mass is 735 g/mol. The number of carbonyl (C=O) groups is 3. The van der Waals surface area contributed by atoms with E-state index in [1.54, 1.807) is 6.07 Å². The van der Waals surface area contributed by atoms with E-state index in [0.29, 0.717) is 48.7 Å². The highest BCUT2D eigenvalue weighted by atomic mass is 28.4. The summed E-state index contributed by atoms with van der Waals surface area (Å²) in [5, 5.41) is 16.4. The van der Waals surface area contributed by atoms with Crippen LogP contribution < -0.4 is 14.4 Å². The number of nitrogens with zero attached hydrogens (tertiary/aromatic N) is 3. The maximum Gasteiger partial charge on any atom is 0.265 e. The van der Waals surface area contributed by atoms with Crippen molar-refractivity contribution in [2.24, 2.45) is 11.8 Å². The van der Waals surface area contributed by atoms with Gasteiger partial charge in [0.05, 0.1) is 30.5 Å². The molecule has 0 bridgehead atoms. The molecule has 0 spiro atoms. The summed E-state index contributed by atoms with van der Waals surface area (Å²) in [5.74, 6) is -1.53. The minimum absolute atomic E-state index is 0.0716. The summed E-state index contributed by atoms with van der Waals surface area (Å²) in [5.41, 5.74) is 0.934. The second kappa shape index (κ2) is 14.4. The smallest absolute Gasteiger partial charge is 0.265 e. The lowest BCUT2D eigenvalue weighted by Gasteiger charge is -2.55. The van der Waals surface area contributed by atoms with Crippen molar-refractivity contribution in [2.75, 3.05) is 45.3 Å². The zero-order valence-corrected chi connectivity index (χ0v) is 33.5. The van der Waals surface area contributed by atoms with Crippen molar-refractivity contribution >= 4 is 37.6 Å². The second-order valence-electron chi connectivity index (χ2n) is 16.8. The van der Waals surface area contributed by atoms with Crippen LogP contribution in [-0.2, 0) is 15.6 Å². The summed E-state index contributed by atoms with van der Waals surface area (Å²) in [6, 6.07) is 1.16. The fourth-order valence-electron chi connectivity index (χ4n) is 8.46. The lowest BCUT2D eigenvalue weighted by molar-refractivity contribution is -0.140. The van der Waals surface area contributed by atoms with Gasteiger partial charge in [-0.3, -0.25) is 19.3 Å². The van der Waals surface area contributed by atoms with Gasteiger partial charge in [-0.1, -0.05) is 47.5 Å². The van der Waals surface area contributed by atoms with E-state index in [2.05, 4.69) is 44.7 Å². The summed E-state index contributed by atoms with van der Waals surface area (Å²) in [7, 11) is 0.963. The largest absolute Gasteiger partial charge is 0.507 e. The normalized spacial score (nSPS) is 24.5. The maximum absolute atomic E-state index is 15.7. The average Bonchev–Trinajstić information content (AvgIpc) is 3.76. The van der Waals surface area contributed by atoms with Crippen molar-refractivity contribution in [1.29, 1.82) is 0 Å². The molecule has 2 fully saturated rings. The summed E-state index contributed by atoms with van der Waals surface area (Å²) in [6.45, 7) is 16.8. The molecule has 284 valence electrons. The van der Waals surface area contributed by atoms with Gasteiger partial charge < -0.3 is 28.4 Å². The number of rotatable bonds is 13. The zero-order chi connectivity index (χ0) is 37.7. The van der Waals surface area contributed by atoms with Gasteiger partial charge in [-0.15, -0.1) is 0 Å². The summed E-state index contributed by atoms with van der Waals surface area (Å²) in [4.78, 5) is 47.9. The molecule has 2 aromatic rings. The van der Waals surface area contributed by atoms with Gasteiger partial charge in [0, 0.05) is 30.1 Å². The highest BCUT2D eigenvalue weighted by Gasteiger charge is 2.69. The van der Waals surface area contributed by atoms with Gasteiger partial charge in [-0.05, 0) is 93.5 Å². The third-order valence-corrected chi connectivity index (χ3v) is 16.6. The molecule has 3 aliphatic carbocycles. The lowest BCUT2D eigenvalue weighted by Crippen LogP contribution is -2.68. The molecule has 0 unspecified atom stereocenters. The van der Waals surface area contributed by atoms with E-state index in [9.17, 15) is 9.90 Å². The van der Waals surface area contributed by atoms with Crippen molar-refractivity contribution in [1.82, 2.24) is 10.1 Å². The van der Waals surface area contributed by atoms with Crippen LogP contribution >= 0.6 is 0 Å². The highest BCUT2D eigenvalue weighted by molar-refractivity contribution is 6.74. The molecule has 52 heavy (non-hydrogen) atoms. The number of unbranched alkanes of at least 4 members (excludes halogenated alkanes) is 2. The Bertz CT molecular complexity index is 1750. The molecule has 6 rings (SSSR count). The van der Waals surface area contributed by atoms with Crippen LogP contribution in [0.4, 0.5) is 5.69 Å². The Kier molecular flexibility index (Phi) is 10.6. The molecule has 1 aromatic carbocycles. The molecule has 12 heteroatoms. The number of ketones is 2. The van der Waals surface area contributed by atoms with Crippen LogP contribution in [0, 0.1) is 11.8 Å². The Hall–Kier alpha value is -3.48. The molecule has 4 aliphatic rings. The van der Waals surface area contributed by atoms with Crippen LogP contribution in [0.1, 0.15) is 123 Å². The fraction of sp³-hybridized carbons (Fsp3) is 0.650. The maximum atomic E-state index is 15.7. The summed E-state index contributed by atoms with van der Waals surface area (Å²) >= 11 is 0. The predicted octanol–water partition coefficient (Wildman–Crippen LogP) is 7.74. The van der Waals surface area contributed by atoms with Crippen LogP contribution in [-0.4, -0.2) is 87.3 Å². The van der Waals surface area contributed by atoms with Crippen molar-refractivity contribution in [3.8, 4) is 11.6 Å². The first-order chi connectivity index (χ1) is 24.6. The zero-order valence-electron chi connectivity index (χ0n) is 32.5. The minimum atomic E-state index is -2.86. The minimum Gasteiger partial charge on any atom is -0.507 e. The molecule has 1 saturated carbocycles. The van der Waals surface area contributed by atoms with E-state index in [1.165, 1.54) is 0 Å². The van der Waals surface area contributed by atoms with Crippen molar-refractivity contribution in [3.05, 3.63) is 39.7 Å². The van der Waals surface area contributed by atoms with E-state index in [4.69, 9.17) is 18.4 Å². The quantitative estimate of drug-likeness (QED) is 0.0938. The van der Waals surface area contributed by atoms with Gasteiger partial charge in [0.1, 0.15) is 17.1 Å². The molecule has 1 saturated heterocycles. The third kappa shape index (κ3) is 6.12. The molecule has 0 amide bonds. The van der Waals surface area contributed by atoms with Crippen LogP contribution in [0.25, 0.3) is 5.76 Å². The lowest BCUT2D eigenvalue weighted by atomic mass is 9.57. The number of aldehydes is 1. The summed E-state index contributed by atoms with van der Waals surface area (Å²) in [6.07, 6.45) is 6.97. The number of benzene rings is 1. The van der Waals surface area contributed by atoms with Crippen molar-refractivity contribution in [3.63, 3.8) is 0 Å². The number of anilines is 1. The molecule has 0 radical (unpaired) electrons. The number of aliphatic hydroxyl groups excluding tert-OH is 1. The first-order valence-electron chi connectivity index (χ1n) is 19.2. The molecule has 4 atom stereocenters. The van der Waals surface area contributed by atoms with E-state index >= 15 is 9.59 Å². The van der Waals surface area contributed by atoms with Gasteiger partial charge in [0.15, 0.2) is 26.0 Å². The average molecular weight is 736 g/mol. The second-order valence-corrected chi connectivity index (χ2v) is 21.5. The van der Waals surface area contributed by atoms with E-state index in [-0.39, 0.29) is 27.8 Å². The number of ether oxygens (including phenoxy) is 2. The molecule has 11 nitrogen and oxygen atoms in total. The van der Waals surface area contributed by atoms with Crippen LogP contribution in [0.3, 0.4) is 0 Å². The Morgan fingerprint density at radius 2 is 1.71 bits per heavy atom. The third-order valence-electron chi connectivity index (χ3n) is 12.1. The number of aromatic nitrogens is 1. The van der Waals surface area contributed by atoms with Crippen molar-refractivity contribution in [2.45, 2.75) is 116 Å². The van der Waals surface area contributed by atoms with Gasteiger partial charge in [-0.25, -0.2) is 0 Å². The van der Waals surface area contributed by atoms with Crippen molar-refractivity contribution < 1.29 is 37.9 Å². The highest BCUT2D eigenvalue weighted by Crippen LogP contribution is 2.59. The number of Topliss-reactive ketones (excluding diaryl/α,β-unsaturated/α-hetero) is 2. The van der Waals surface area contributed by atoms with Gasteiger partial charge >= 0.3 is 0 Å². The number of hydrogen-bond donors (Lipinski definition) is 1. The predicted molar refractivity (Wildman–Crippen MR) is 202 cm³/mol. The fourth-order valence-corrected chi connectivity index (χ4v) is 9.90. The number of hydrogen-bond acceptors (Lipinski definition) is 11. The number of aliphatic hydroxyl groups is 1. The van der Waals surface area contributed by atoms with Gasteiger partial charge in [0.2, 0.25) is 11.6 Å². The standard InChI is InChI=1S/C40H57N3O8Si/c1-10-12-18-48-28-22-25(23-44)32(43-16-14-15-17-43)26-20-24-21-27-33(42(6)7)35-31(38(41-50-35)49-19-13-11-2)37(47)40(27,51-52(8,9)39(3,4)5)36(46)29(24)34(45)30(26)28/h22-24,27,33,45H,10-21H2,1-9H3/t24-,27-,33-,40-/m0/s1. The summed E-state index contributed by atoms with van der Waals surface area (Å²) < 4.78 is 25.6. The van der Waals surface area contributed by atoms with E-state index in [1.807, 2.05) is 32.1 Å². The molecular weight excluding hydrogens is 679 g/mol. The SMILES string of the molecule is CCCCOc1cc(C=O)c(N2CCCC2)c2c1C(O)=C1C(=O)[C@]3(O[Si](C)(C)C(C)(C)C)C(=O)c4c(OCCCC)noc4[C@@H](N(C)C)[C@@H]3C[C@@H]1C2. The Morgan fingerprint density at radius 1 is 1.06 bits per heavy atom. The van der Waals surface area contributed by atoms with E-state index < -0.39 is 43.4 Å². The number of carbonyl (C=O) groups excluding carboxylic acids is 3. The first-order valence-corrected chi connectivity index (χ1v) is 22.1. The van der Waals surface area contributed by atoms with Gasteiger partial charge in [-0.2, -0.15) is 0 Å². The molecule has 2 heterocycles. The molecule has 1 aromatic heterocycles. The van der Waals surface area contributed by atoms with Crippen LogP contribution in [0.2, 0.25) is 18.1 Å². The van der Waals surface area contributed by atoms with Crippen LogP contribution in [0.15, 0.2) is 16.2 Å². The topological polar surface area (TPSA) is 132 Å². The molecule has 1 aliphatic heterocycles. The first kappa shape index (κ1) is 38.2. The number of fused-ring (bicyclic) bond motifs is 4. The molecular formula is C40H57N3O8Si. The van der Waals surface area contributed by atoms with E-state index in [0.717, 1.165) is 69.2 Å².